The number of unbranched alkanes of at least 4 members (excludes halogenated alkanes) is 2. The smallest absolute Gasteiger partial charge is 0.404 e. The lowest BCUT2D eigenvalue weighted by Crippen LogP contribution is -2.65. The second-order valence-corrected chi connectivity index (χ2v) is 10.5. The summed E-state index contributed by atoms with van der Waals surface area (Å²) in [5.41, 5.74) is 5.53. The Morgan fingerprint density at radius 2 is 2.00 bits per heavy atom. The second-order valence-electron chi connectivity index (χ2n) is 10.5. The van der Waals surface area contributed by atoms with Gasteiger partial charge in [-0.1, -0.05) is 20.3 Å². The molecule has 30 heavy (non-hydrogen) atoms. The molecule has 2 amide bonds. The lowest BCUT2D eigenvalue weighted by Gasteiger charge is -2.64. The van der Waals surface area contributed by atoms with Crippen molar-refractivity contribution < 1.29 is 18.9 Å². The quantitative estimate of drug-likeness (QED) is 0.463. The standard InChI is InChI=1S/C22H38BN3O4/c1-21(2)15-12-16(21)22(3)17(13-15)29-23(30-22)18-8-7-11-26(18)20(28)14-25-19(27)9-5-4-6-10-24/h15-18H,4-14,24H2,1-3H3,(H,25,27)/t15-,16-,17?,18-,22-/m0/s1. The van der Waals surface area contributed by atoms with Gasteiger partial charge < -0.3 is 25.3 Å². The van der Waals surface area contributed by atoms with Gasteiger partial charge in [0.05, 0.1) is 24.2 Å². The molecule has 0 aromatic rings. The molecule has 2 bridgehead atoms. The molecule has 5 atom stereocenters. The molecule has 2 saturated heterocycles. The number of carbonyl (C=O) groups is 2. The van der Waals surface area contributed by atoms with E-state index in [1.807, 2.05) is 4.90 Å². The monoisotopic (exact) mass is 419 g/mol. The molecule has 0 radical (unpaired) electrons. The maximum absolute atomic E-state index is 12.8. The Kier molecular flexibility index (Phi) is 6.21. The van der Waals surface area contributed by atoms with Crippen LogP contribution >= 0.6 is 0 Å². The first-order valence-electron chi connectivity index (χ1n) is 11.9. The average molecular weight is 419 g/mol. The van der Waals surface area contributed by atoms with Gasteiger partial charge in [-0.25, -0.2) is 0 Å². The van der Waals surface area contributed by atoms with Gasteiger partial charge in [0.1, 0.15) is 0 Å². The number of hydrogen-bond acceptors (Lipinski definition) is 5. The Balaban J connectivity index is 1.30. The molecule has 3 saturated carbocycles. The van der Waals surface area contributed by atoms with Crippen molar-refractivity contribution in [2.75, 3.05) is 19.6 Å². The van der Waals surface area contributed by atoms with Crippen molar-refractivity contribution in [3.63, 3.8) is 0 Å². The Bertz CT molecular complexity index is 675. The normalized spacial score (nSPS) is 36.4. The fraction of sp³-hybridized carbons (Fsp3) is 0.909. The van der Waals surface area contributed by atoms with Crippen molar-refractivity contribution in [1.82, 2.24) is 10.2 Å². The zero-order valence-corrected chi connectivity index (χ0v) is 18.8. The molecule has 7 nitrogen and oxygen atoms in total. The van der Waals surface area contributed by atoms with Crippen LogP contribution in [0, 0.1) is 17.3 Å². The Morgan fingerprint density at radius 3 is 2.73 bits per heavy atom. The Hall–Kier alpha value is -1.12. The summed E-state index contributed by atoms with van der Waals surface area (Å²) in [6, 6.07) is 0. The third kappa shape index (κ3) is 3.80. The van der Waals surface area contributed by atoms with E-state index >= 15 is 0 Å². The average Bonchev–Trinajstić information content (AvgIpc) is 3.32. The van der Waals surface area contributed by atoms with E-state index in [0.717, 1.165) is 38.5 Å². The molecule has 8 heteroatoms. The highest BCUT2D eigenvalue weighted by Crippen LogP contribution is 2.65. The van der Waals surface area contributed by atoms with E-state index < -0.39 is 0 Å². The van der Waals surface area contributed by atoms with Crippen LogP contribution < -0.4 is 11.1 Å². The highest BCUT2D eigenvalue weighted by molar-refractivity contribution is 6.48. The van der Waals surface area contributed by atoms with Crippen LogP contribution in [0.4, 0.5) is 0 Å². The Labute approximate surface area is 180 Å². The van der Waals surface area contributed by atoms with E-state index in [1.165, 1.54) is 6.42 Å². The molecule has 0 aromatic heterocycles. The van der Waals surface area contributed by atoms with Crippen molar-refractivity contribution in [3.8, 4) is 0 Å². The van der Waals surface area contributed by atoms with Crippen molar-refractivity contribution in [2.45, 2.75) is 89.8 Å². The molecule has 168 valence electrons. The lowest BCUT2D eigenvalue weighted by molar-refractivity contribution is -0.199. The van der Waals surface area contributed by atoms with Gasteiger partial charge in [0.25, 0.3) is 0 Å². The summed E-state index contributed by atoms with van der Waals surface area (Å²) in [5, 5.41) is 2.79. The van der Waals surface area contributed by atoms with Crippen molar-refractivity contribution in [2.24, 2.45) is 23.0 Å². The van der Waals surface area contributed by atoms with Crippen LogP contribution in [-0.4, -0.2) is 61.1 Å². The zero-order valence-electron chi connectivity index (χ0n) is 18.8. The third-order valence-corrected chi connectivity index (χ3v) is 8.45. The van der Waals surface area contributed by atoms with E-state index in [0.29, 0.717) is 36.8 Å². The molecule has 3 N–H and O–H groups in total. The number of nitrogens with one attached hydrogen (secondary N) is 1. The van der Waals surface area contributed by atoms with Crippen LogP contribution in [-0.2, 0) is 18.9 Å². The summed E-state index contributed by atoms with van der Waals surface area (Å²) in [4.78, 5) is 26.7. The minimum Gasteiger partial charge on any atom is -0.404 e. The number of nitrogens with two attached hydrogens (primary N) is 1. The van der Waals surface area contributed by atoms with Crippen molar-refractivity contribution >= 4 is 18.9 Å². The first-order valence-corrected chi connectivity index (χ1v) is 11.9. The number of likely N-dealkylation sites (tertiary alicyclic amines) is 1. The van der Waals surface area contributed by atoms with Gasteiger partial charge in [-0.15, -0.1) is 0 Å². The number of rotatable bonds is 8. The van der Waals surface area contributed by atoms with Crippen LogP contribution in [0.1, 0.15) is 72.1 Å². The van der Waals surface area contributed by atoms with E-state index in [2.05, 4.69) is 26.1 Å². The number of amides is 2. The van der Waals surface area contributed by atoms with Gasteiger partial charge in [-0.3, -0.25) is 9.59 Å². The van der Waals surface area contributed by atoms with Crippen LogP contribution in [0.25, 0.3) is 0 Å². The van der Waals surface area contributed by atoms with Gasteiger partial charge in [0, 0.05) is 13.0 Å². The van der Waals surface area contributed by atoms with Gasteiger partial charge in [0.15, 0.2) is 0 Å². The fourth-order valence-corrected chi connectivity index (χ4v) is 6.42. The number of hydrogen-bond donors (Lipinski definition) is 2. The summed E-state index contributed by atoms with van der Waals surface area (Å²) in [5.74, 6) is 1.07. The minimum atomic E-state index is -0.353. The van der Waals surface area contributed by atoms with E-state index in [1.54, 1.807) is 0 Å². The Morgan fingerprint density at radius 1 is 1.20 bits per heavy atom. The van der Waals surface area contributed by atoms with Crippen molar-refractivity contribution in [3.05, 3.63) is 0 Å². The topological polar surface area (TPSA) is 93.9 Å². The van der Waals surface area contributed by atoms with Crippen LogP contribution in [0.2, 0.25) is 0 Å². The highest BCUT2D eigenvalue weighted by Gasteiger charge is 2.69. The van der Waals surface area contributed by atoms with Gasteiger partial charge >= 0.3 is 7.12 Å². The minimum absolute atomic E-state index is 0.0374. The third-order valence-electron chi connectivity index (χ3n) is 8.45. The number of nitrogens with zero attached hydrogens (tertiary/aromatic N) is 1. The fourth-order valence-electron chi connectivity index (χ4n) is 6.42. The van der Waals surface area contributed by atoms with E-state index in [9.17, 15) is 9.59 Å². The summed E-state index contributed by atoms with van der Waals surface area (Å²) >= 11 is 0. The summed E-state index contributed by atoms with van der Waals surface area (Å²) < 4.78 is 13.0. The summed E-state index contributed by atoms with van der Waals surface area (Å²) in [6.07, 6.45) is 7.39. The second kappa shape index (κ2) is 8.43. The molecule has 1 unspecified atom stereocenters. The van der Waals surface area contributed by atoms with Crippen LogP contribution in [0.5, 0.6) is 0 Å². The molecule has 2 aliphatic heterocycles. The SMILES string of the molecule is CC1(C)[C@@H]2CC3OB([C@@H]4CCCN4C(=O)CNC(=O)CCCCCN)O[C@@]3(C)[C@H]1C2. The summed E-state index contributed by atoms with van der Waals surface area (Å²) in [7, 11) is -0.353. The van der Waals surface area contributed by atoms with Gasteiger partial charge in [0.2, 0.25) is 11.8 Å². The molecule has 0 aromatic carbocycles. The molecule has 2 heterocycles. The highest BCUT2D eigenvalue weighted by atomic mass is 16.7. The first kappa shape index (κ1) is 22.1. The predicted octanol–water partition coefficient (Wildman–Crippen LogP) is 1.88. The van der Waals surface area contributed by atoms with Crippen LogP contribution in [0.3, 0.4) is 0 Å². The van der Waals surface area contributed by atoms with E-state index in [4.69, 9.17) is 15.0 Å². The number of carbonyl (C=O) groups excluding carboxylic acids is 2. The predicted molar refractivity (Wildman–Crippen MR) is 115 cm³/mol. The molecule has 5 fully saturated rings. The van der Waals surface area contributed by atoms with Gasteiger partial charge in [-0.2, -0.15) is 0 Å². The molecule has 3 aliphatic carbocycles. The largest absolute Gasteiger partial charge is 0.481 e. The molecule has 5 aliphatic rings. The van der Waals surface area contributed by atoms with Crippen LogP contribution in [0.15, 0.2) is 0 Å². The first-order chi connectivity index (χ1) is 14.3. The van der Waals surface area contributed by atoms with E-state index in [-0.39, 0.29) is 43.1 Å². The summed E-state index contributed by atoms with van der Waals surface area (Å²) in [6.45, 7) is 8.34. The molecular weight excluding hydrogens is 381 g/mol. The molecule has 5 rings (SSSR count). The maximum Gasteiger partial charge on any atom is 0.481 e. The van der Waals surface area contributed by atoms with Gasteiger partial charge in [-0.05, 0) is 69.2 Å². The maximum atomic E-state index is 12.8. The zero-order chi connectivity index (χ0) is 21.5. The molecule has 0 spiro atoms. The lowest BCUT2D eigenvalue weighted by atomic mass is 9.43. The molecular formula is C22H38BN3O4. The van der Waals surface area contributed by atoms with Crippen molar-refractivity contribution in [1.29, 1.82) is 0 Å².